The maximum absolute atomic E-state index is 12.0. The normalized spacial score (nSPS) is 11.6. The Morgan fingerprint density at radius 1 is 1.12 bits per heavy atom. The van der Waals surface area contributed by atoms with E-state index < -0.39 is 0 Å². The van der Waals surface area contributed by atoms with Gasteiger partial charge in [0.1, 0.15) is 5.75 Å². The number of amides is 2. The largest absolute Gasteiger partial charge is 0.497 e. The van der Waals surface area contributed by atoms with E-state index in [0.717, 1.165) is 18.6 Å². The zero-order valence-electron chi connectivity index (χ0n) is 15.1. The standard InChI is InChI=1S/C19H30N2O3/c1-4-5-6-8-15(2)21-18(22)9-7-14-20-19(23)16-10-12-17(24-3)13-11-16/h10-13,15H,4-9,14H2,1-3H3,(H,20,23)(H,21,22)/t15-/m1/s1. The first kappa shape index (κ1) is 20.0. The van der Waals surface area contributed by atoms with Crippen LogP contribution in [0, 0.1) is 0 Å². The van der Waals surface area contributed by atoms with Crippen LogP contribution in [0.2, 0.25) is 0 Å². The van der Waals surface area contributed by atoms with Gasteiger partial charge in [0, 0.05) is 24.6 Å². The van der Waals surface area contributed by atoms with Crippen LogP contribution >= 0.6 is 0 Å². The Morgan fingerprint density at radius 2 is 1.83 bits per heavy atom. The number of ether oxygens (including phenoxy) is 1. The van der Waals surface area contributed by atoms with Crippen LogP contribution in [0.4, 0.5) is 0 Å². The zero-order valence-corrected chi connectivity index (χ0v) is 15.1. The number of carbonyl (C=O) groups is 2. The molecule has 0 fully saturated rings. The molecular weight excluding hydrogens is 304 g/mol. The van der Waals surface area contributed by atoms with Crippen molar-refractivity contribution >= 4 is 11.8 Å². The maximum Gasteiger partial charge on any atom is 0.251 e. The third kappa shape index (κ3) is 7.99. The van der Waals surface area contributed by atoms with Gasteiger partial charge in [-0.05, 0) is 44.0 Å². The van der Waals surface area contributed by atoms with E-state index in [9.17, 15) is 9.59 Å². The van der Waals surface area contributed by atoms with Gasteiger partial charge in [-0.15, -0.1) is 0 Å². The summed E-state index contributed by atoms with van der Waals surface area (Å²) in [6.45, 7) is 4.70. The van der Waals surface area contributed by atoms with Gasteiger partial charge >= 0.3 is 0 Å². The summed E-state index contributed by atoms with van der Waals surface area (Å²) in [4.78, 5) is 23.8. The van der Waals surface area contributed by atoms with Crippen molar-refractivity contribution < 1.29 is 14.3 Å². The molecule has 24 heavy (non-hydrogen) atoms. The molecule has 0 aliphatic rings. The number of hydrogen-bond acceptors (Lipinski definition) is 3. The highest BCUT2D eigenvalue weighted by Crippen LogP contribution is 2.11. The van der Waals surface area contributed by atoms with Crippen molar-refractivity contribution in [1.29, 1.82) is 0 Å². The molecule has 1 rings (SSSR count). The Kier molecular flexibility index (Phi) is 9.58. The van der Waals surface area contributed by atoms with Crippen molar-refractivity contribution in [2.75, 3.05) is 13.7 Å². The Morgan fingerprint density at radius 3 is 2.46 bits per heavy atom. The topological polar surface area (TPSA) is 67.4 Å². The molecule has 0 aromatic heterocycles. The van der Waals surface area contributed by atoms with Crippen LogP contribution in [0.1, 0.15) is 62.7 Å². The number of unbranched alkanes of at least 4 members (excludes halogenated alkanes) is 2. The summed E-state index contributed by atoms with van der Waals surface area (Å²) >= 11 is 0. The van der Waals surface area contributed by atoms with Crippen molar-refractivity contribution in [1.82, 2.24) is 10.6 Å². The minimum Gasteiger partial charge on any atom is -0.497 e. The highest BCUT2D eigenvalue weighted by Gasteiger charge is 2.08. The molecule has 2 amide bonds. The van der Waals surface area contributed by atoms with Gasteiger partial charge in [0.2, 0.25) is 5.91 Å². The molecule has 0 heterocycles. The Bertz CT molecular complexity index is 500. The minimum absolute atomic E-state index is 0.0534. The third-order valence-electron chi connectivity index (χ3n) is 3.87. The number of rotatable bonds is 11. The predicted octanol–water partition coefficient (Wildman–Crippen LogP) is 3.29. The van der Waals surface area contributed by atoms with Crippen LogP contribution in [0.3, 0.4) is 0 Å². The second kappa shape index (κ2) is 11.5. The lowest BCUT2D eigenvalue weighted by molar-refractivity contribution is -0.121. The van der Waals surface area contributed by atoms with E-state index in [0.29, 0.717) is 24.9 Å². The van der Waals surface area contributed by atoms with E-state index in [4.69, 9.17) is 4.74 Å². The molecule has 0 radical (unpaired) electrons. The van der Waals surface area contributed by atoms with Crippen molar-refractivity contribution in [3.63, 3.8) is 0 Å². The average Bonchev–Trinajstić information content (AvgIpc) is 2.58. The summed E-state index contributed by atoms with van der Waals surface area (Å²) in [6, 6.07) is 7.17. The van der Waals surface area contributed by atoms with Gasteiger partial charge in [0.15, 0.2) is 0 Å². The number of hydrogen-bond donors (Lipinski definition) is 2. The number of methoxy groups -OCH3 is 1. The van der Waals surface area contributed by atoms with Crippen LogP contribution in [-0.2, 0) is 4.79 Å². The van der Waals surface area contributed by atoms with Crippen LogP contribution in [0.5, 0.6) is 5.75 Å². The first-order chi connectivity index (χ1) is 11.6. The highest BCUT2D eigenvalue weighted by atomic mass is 16.5. The average molecular weight is 334 g/mol. The number of carbonyl (C=O) groups excluding carboxylic acids is 2. The van der Waals surface area contributed by atoms with Crippen molar-refractivity contribution in [3.05, 3.63) is 29.8 Å². The first-order valence-electron chi connectivity index (χ1n) is 8.78. The highest BCUT2D eigenvalue weighted by molar-refractivity contribution is 5.94. The zero-order chi connectivity index (χ0) is 17.8. The van der Waals surface area contributed by atoms with Gasteiger partial charge < -0.3 is 15.4 Å². The summed E-state index contributed by atoms with van der Waals surface area (Å²) in [5.41, 5.74) is 0.588. The van der Waals surface area contributed by atoms with Crippen LogP contribution < -0.4 is 15.4 Å². The molecule has 0 bridgehead atoms. The Hall–Kier alpha value is -2.04. The quantitative estimate of drug-likeness (QED) is 0.610. The van der Waals surface area contributed by atoms with Gasteiger partial charge in [-0.3, -0.25) is 9.59 Å². The summed E-state index contributed by atoms with van der Waals surface area (Å²) in [6.07, 6.45) is 5.63. The van der Waals surface area contributed by atoms with Crippen LogP contribution in [0.25, 0.3) is 0 Å². The molecule has 0 spiro atoms. The second-order valence-electron chi connectivity index (χ2n) is 6.05. The van der Waals surface area contributed by atoms with E-state index in [1.165, 1.54) is 12.8 Å². The monoisotopic (exact) mass is 334 g/mol. The molecule has 134 valence electrons. The Labute approximate surface area is 145 Å². The molecule has 1 aromatic rings. The molecule has 1 aromatic carbocycles. The summed E-state index contributed by atoms with van der Waals surface area (Å²) in [5, 5.41) is 5.83. The molecule has 1 atom stereocenters. The fourth-order valence-corrected chi connectivity index (χ4v) is 2.42. The van der Waals surface area contributed by atoms with Gasteiger partial charge in [-0.2, -0.15) is 0 Å². The van der Waals surface area contributed by atoms with Gasteiger partial charge in [-0.25, -0.2) is 0 Å². The summed E-state index contributed by atoms with van der Waals surface area (Å²) in [5.74, 6) is 0.639. The fraction of sp³-hybridized carbons (Fsp3) is 0.579. The van der Waals surface area contributed by atoms with Crippen molar-refractivity contribution in [3.8, 4) is 5.75 Å². The minimum atomic E-state index is -0.133. The van der Waals surface area contributed by atoms with Crippen LogP contribution in [-0.4, -0.2) is 31.5 Å². The molecule has 0 aliphatic carbocycles. The lowest BCUT2D eigenvalue weighted by Gasteiger charge is -2.13. The predicted molar refractivity (Wildman–Crippen MR) is 96.3 cm³/mol. The SMILES string of the molecule is CCCCC[C@@H](C)NC(=O)CCCNC(=O)c1ccc(OC)cc1. The molecule has 5 heteroatoms. The summed E-state index contributed by atoms with van der Waals surface area (Å²) in [7, 11) is 1.59. The lowest BCUT2D eigenvalue weighted by atomic mass is 10.1. The molecule has 0 aliphatic heterocycles. The van der Waals surface area contributed by atoms with Crippen LogP contribution in [0.15, 0.2) is 24.3 Å². The van der Waals surface area contributed by atoms with E-state index in [-0.39, 0.29) is 17.9 Å². The van der Waals surface area contributed by atoms with Gasteiger partial charge in [-0.1, -0.05) is 26.2 Å². The van der Waals surface area contributed by atoms with Gasteiger partial charge in [0.05, 0.1) is 7.11 Å². The Balaban J connectivity index is 2.17. The lowest BCUT2D eigenvalue weighted by Crippen LogP contribution is -2.33. The number of nitrogens with one attached hydrogen (secondary N) is 2. The van der Waals surface area contributed by atoms with E-state index >= 15 is 0 Å². The van der Waals surface area contributed by atoms with Crippen molar-refractivity contribution in [2.24, 2.45) is 0 Å². The summed E-state index contributed by atoms with van der Waals surface area (Å²) < 4.78 is 5.06. The van der Waals surface area contributed by atoms with Gasteiger partial charge in [0.25, 0.3) is 5.91 Å². The molecule has 0 saturated heterocycles. The number of benzene rings is 1. The third-order valence-corrected chi connectivity index (χ3v) is 3.87. The fourth-order valence-electron chi connectivity index (χ4n) is 2.42. The van der Waals surface area contributed by atoms with Crippen molar-refractivity contribution in [2.45, 2.75) is 58.4 Å². The van der Waals surface area contributed by atoms with E-state index in [1.807, 2.05) is 6.92 Å². The molecule has 0 unspecified atom stereocenters. The molecular formula is C19H30N2O3. The molecule has 5 nitrogen and oxygen atoms in total. The molecule has 0 saturated carbocycles. The smallest absolute Gasteiger partial charge is 0.251 e. The first-order valence-corrected chi connectivity index (χ1v) is 8.78. The van der Waals surface area contributed by atoms with E-state index in [2.05, 4.69) is 17.6 Å². The maximum atomic E-state index is 12.0. The van der Waals surface area contributed by atoms with E-state index in [1.54, 1.807) is 31.4 Å². The molecule has 2 N–H and O–H groups in total. The second-order valence-corrected chi connectivity index (χ2v) is 6.05.